The topological polar surface area (TPSA) is 62.5 Å². The van der Waals surface area contributed by atoms with Crippen LogP contribution in [0.2, 0.25) is 5.02 Å². The molecular weight excluding hydrogens is 364 g/mol. The number of likely N-dealkylation sites (N-methyl/N-ethyl adjacent to an activating group) is 1. The number of aryl methyl sites for hydroxylation is 2. The van der Waals surface area contributed by atoms with Gasteiger partial charge in [0.15, 0.2) is 0 Å². The number of aromatic nitrogens is 1. The monoisotopic (exact) mass is 384 g/mol. The van der Waals surface area contributed by atoms with Crippen LogP contribution in [0.3, 0.4) is 0 Å². The van der Waals surface area contributed by atoms with Crippen molar-refractivity contribution in [1.82, 2.24) is 4.57 Å². The molecule has 0 aliphatic carbocycles. The fourth-order valence-corrected chi connectivity index (χ4v) is 3.46. The van der Waals surface area contributed by atoms with Gasteiger partial charge in [-0.3, -0.25) is 9.59 Å². The number of fused-ring (bicyclic) bond motifs is 1. The van der Waals surface area contributed by atoms with E-state index in [1.807, 2.05) is 26.0 Å². The second-order valence-electron chi connectivity index (χ2n) is 6.45. The Bertz CT molecular complexity index is 1070. The summed E-state index contributed by atoms with van der Waals surface area (Å²) in [5.74, 6) is -0.383. The summed E-state index contributed by atoms with van der Waals surface area (Å²) in [6.07, 6.45) is -0.181. The predicted molar refractivity (Wildman–Crippen MR) is 109 cm³/mol. The van der Waals surface area contributed by atoms with Gasteiger partial charge in [0, 0.05) is 29.7 Å². The molecule has 3 rings (SSSR count). The minimum Gasteiger partial charge on any atom is -0.507 e. The first-order valence-corrected chi connectivity index (χ1v) is 9.09. The molecule has 0 aliphatic heterocycles. The van der Waals surface area contributed by atoms with Gasteiger partial charge in [-0.15, -0.1) is 0 Å². The molecule has 0 bridgehead atoms. The normalized spacial score (nSPS) is 11.0. The highest BCUT2D eigenvalue weighted by Gasteiger charge is 2.22. The van der Waals surface area contributed by atoms with Gasteiger partial charge in [0.1, 0.15) is 5.75 Å². The van der Waals surface area contributed by atoms with E-state index in [0.717, 1.165) is 5.56 Å². The Kier molecular flexibility index (Phi) is 5.24. The zero-order chi connectivity index (χ0) is 19.7. The number of carbonyl (C=O) groups is 1. The lowest BCUT2D eigenvalue weighted by atomic mass is 10.0. The molecule has 0 aliphatic rings. The summed E-state index contributed by atoms with van der Waals surface area (Å²) in [5, 5.41) is 11.9. The molecule has 27 heavy (non-hydrogen) atoms. The highest BCUT2D eigenvalue weighted by atomic mass is 35.5. The summed E-state index contributed by atoms with van der Waals surface area (Å²) in [5.41, 5.74) is 1.92. The van der Waals surface area contributed by atoms with Crippen LogP contribution >= 0.6 is 11.6 Å². The Morgan fingerprint density at radius 2 is 1.85 bits per heavy atom. The second kappa shape index (κ2) is 7.45. The number of hydrogen-bond donors (Lipinski definition) is 1. The standard InChI is InChI=1S/C21H21ClN2O3/c1-4-24(15-10-8-14(22)9-11-15)18(25)12-16-20(26)19-13(2)6-5-7-17(19)23(3)21(16)27/h5-11,26H,4,12H2,1-3H3. The predicted octanol–water partition coefficient (Wildman–Crippen LogP) is 3.80. The van der Waals surface area contributed by atoms with Crippen LogP contribution in [0.1, 0.15) is 18.1 Å². The number of halogens is 1. The highest BCUT2D eigenvalue weighted by Crippen LogP contribution is 2.29. The maximum absolute atomic E-state index is 12.9. The van der Waals surface area contributed by atoms with E-state index in [4.69, 9.17) is 11.6 Å². The Morgan fingerprint density at radius 3 is 2.48 bits per heavy atom. The molecule has 1 N–H and O–H groups in total. The number of anilines is 1. The van der Waals surface area contributed by atoms with E-state index in [1.165, 1.54) is 4.57 Å². The molecule has 2 aromatic carbocycles. The average molecular weight is 385 g/mol. The van der Waals surface area contributed by atoms with Crippen LogP contribution in [0.15, 0.2) is 47.3 Å². The third-order valence-electron chi connectivity index (χ3n) is 4.78. The van der Waals surface area contributed by atoms with Crippen LogP contribution in [0.25, 0.3) is 10.9 Å². The summed E-state index contributed by atoms with van der Waals surface area (Å²) >= 11 is 5.92. The lowest BCUT2D eigenvalue weighted by Crippen LogP contribution is -2.34. The van der Waals surface area contributed by atoms with E-state index in [9.17, 15) is 14.7 Å². The van der Waals surface area contributed by atoms with Crippen molar-refractivity contribution < 1.29 is 9.90 Å². The number of benzene rings is 2. The van der Waals surface area contributed by atoms with Crippen LogP contribution in [-0.4, -0.2) is 22.1 Å². The number of hydrogen-bond acceptors (Lipinski definition) is 3. The van der Waals surface area contributed by atoms with Crippen molar-refractivity contribution in [3.63, 3.8) is 0 Å². The van der Waals surface area contributed by atoms with Gasteiger partial charge in [0.2, 0.25) is 5.91 Å². The molecule has 0 spiro atoms. The van der Waals surface area contributed by atoms with Crippen LogP contribution in [0.4, 0.5) is 5.69 Å². The molecule has 0 unspecified atom stereocenters. The highest BCUT2D eigenvalue weighted by molar-refractivity contribution is 6.30. The molecule has 0 saturated heterocycles. The zero-order valence-corrected chi connectivity index (χ0v) is 16.2. The number of amides is 1. The van der Waals surface area contributed by atoms with Gasteiger partial charge in [-0.25, -0.2) is 0 Å². The van der Waals surface area contributed by atoms with Crippen molar-refractivity contribution in [2.24, 2.45) is 7.05 Å². The Morgan fingerprint density at radius 1 is 1.19 bits per heavy atom. The fraction of sp³-hybridized carbons (Fsp3) is 0.238. The van der Waals surface area contributed by atoms with Crippen LogP contribution in [0.5, 0.6) is 5.75 Å². The molecule has 140 valence electrons. The number of aromatic hydroxyl groups is 1. The zero-order valence-electron chi connectivity index (χ0n) is 15.5. The molecule has 1 heterocycles. The van der Waals surface area contributed by atoms with Crippen LogP contribution in [0, 0.1) is 6.92 Å². The summed E-state index contributed by atoms with van der Waals surface area (Å²) in [6.45, 7) is 4.16. The Hall–Kier alpha value is -2.79. The van der Waals surface area contributed by atoms with E-state index in [2.05, 4.69) is 0 Å². The molecule has 3 aromatic rings. The van der Waals surface area contributed by atoms with E-state index < -0.39 is 0 Å². The van der Waals surface area contributed by atoms with Crippen molar-refractivity contribution >= 4 is 34.1 Å². The van der Waals surface area contributed by atoms with Gasteiger partial charge in [-0.2, -0.15) is 0 Å². The Balaban J connectivity index is 2.05. The molecule has 0 radical (unpaired) electrons. The maximum Gasteiger partial charge on any atom is 0.258 e. The first kappa shape index (κ1) is 19.0. The van der Waals surface area contributed by atoms with Gasteiger partial charge >= 0.3 is 0 Å². The summed E-state index contributed by atoms with van der Waals surface area (Å²) in [7, 11) is 1.65. The van der Waals surface area contributed by atoms with Gasteiger partial charge < -0.3 is 14.6 Å². The van der Waals surface area contributed by atoms with Crippen LogP contribution < -0.4 is 10.5 Å². The second-order valence-corrected chi connectivity index (χ2v) is 6.89. The Labute approximate surface area is 162 Å². The van der Waals surface area contributed by atoms with Crippen molar-refractivity contribution in [2.75, 3.05) is 11.4 Å². The molecule has 0 atom stereocenters. The lowest BCUT2D eigenvalue weighted by Gasteiger charge is -2.22. The van der Waals surface area contributed by atoms with Crippen molar-refractivity contribution in [1.29, 1.82) is 0 Å². The average Bonchev–Trinajstić information content (AvgIpc) is 2.65. The van der Waals surface area contributed by atoms with Crippen LogP contribution in [-0.2, 0) is 18.3 Å². The number of rotatable bonds is 4. The molecule has 6 heteroatoms. The largest absolute Gasteiger partial charge is 0.507 e. The maximum atomic E-state index is 12.9. The van der Waals surface area contributed by atoms with Crippen molar-refractivity contribution in [2.45, 2.75) is 20.3 Å². The third kappa shape index (κ3) is 3.43. The minimum absolute atomic E-state index is 0.108. The number of carbonyl (C=O) groups excluding carboxylic acids is 1. The minimum atomic E-state index is -0.369. The SMILES string of the molecule is CCN(C(=O)Cc1c(O)c2c(C)cccc2n(C)c1=O)c1ccc(Cl)cc1. The van der Waals surface area contributed by atoms with Gasteiger partial charge in [-0.05, 0) is 49.7 Å². The first-order chi connectivity index (χ1) is 12.8. The molecule has 1 aromatic heterocycles. The lowest BCUT2D eigenvalue weighted by molar-refractivity contribution is -0.118. The van der Waals surface area contributed by atoms with E-state index >= 15 is 0 Å². The van der Waals surface area contributed by atoms with Gasteiger partial charge in [-0.1, -0.05) is 23.7 Å². The van der Waals surface area contributed by atoms with E-state index in [1.54, 1.807) is 42.3 Å². The molecule has 0 saturated carbocycles. The number of nitrogens with zero attached hydrogens (tertiary/aromatic N) is 2. The fourth-order valence-electron chi connectivity index (χ4n) is 3.33. The summed E-state index contributed by atoms with van der Waals surface area (Å²) in [6, 6.07) is 12.4. The molecular formula is C21H21ClN2O3. The summed E-state index contributed by atoms with van der Waals surface area (Å²) < 4.78 is 1.48. The van der Waals surface area contributed by atoms with Crippen molar-refractivity contribution in [3.05, 3.63) is 69.0 Å². The first-order valence-electron chi connectivity index (χ1n) is 8.71. The molecule has 0 fully saturated rings. The van der Waals surface area contributed by atoms with Crippen molar-refractivity contribution in [3.8, 4) is 5.75 Å². The van der Waals surface area contributed by atoms with Gasteiger partial charge in [0.25, 0.3) is 5.56 Å². The van der Waals surface area contributed by atoms with E-state index in [0.29, 0.717) is 28.2 Å². The summed E-state index contributed by atoms with van der Waals surface area (Å²) in [4.78, 5) is 27.2. The van der Waals surface area contributed by atoms with Gasteiger partial charge in [0.05, 0.1) is 17.5 Å². The third-order valence-corrected chi connectivity index (χ3v) is 5.03. The quantitative estimate of drug-likeness (QED) is 0.744. The molecule has 1 amide bonds. The van der Waals surface area contributed by atoms with E-state index in [-0.39, 0.29) is 29.2 Å². The molecule has 5 nitrogen and oxygen atoms in total. The smallest absolute Gasteiger partial charge is 0.258 e. The number of pyridine rings is 1.